The molecule has 0 fully saturated rings. The second-order valence-corrected chi connectivity index (χ2v) is 7.63. The van der Waals surface area contributed by atoms with Crippen molar-refractivity contribution < 1.29 is 13.2 Å². The highest BCUT2D eigenvalue weighted by molar-refractivity contribution is 7.88. The first kappa shape index (κ1) is 18.1. The molecule has 0 bridgehead atoms. The molecule has 0 atom stereocenters. The molecular formula is C20H20N2O3S. The minimum Gasteiger partial charge on any atom is -0.487 e. The zero-order valence-corrected chi connectivity index (χ0v) is 15.0. The predicted octanol–water partition coefficient (Wildman–Crippen LogP) is 3.28. The van der Waals surface area contributed by atoms with Crippen LogP contribution in [0.25, 0.3) is 0 Å². The third kappa shape index (κ3) is 5.68. The monoisotopic (exact) mass is 368 g/mol. The standard InChI is InChI=1S/C20H20N2O3S/c23-26(24,16-17-7-2-1-3-8-17)22-14-18-9-6-11-20(13-18)25-15-19-10-4-5-12-21-19/h1-13,22H,14-16H2. The summed E-state index contributed by atoms with van der Waals surface area (Å²) in [6.07, 6.45) is 1.72. The molecule has 1 N–H and O–H groups in total. The topological polar surface area (TPSA) is 68.3 Å². The Balaban J connectivity index is 1.56. The lowest BCUT2D eigenvalue weighted by Crippen LogP contribution is -2.24. The molecule has 2 aromatic carbocycles. The van der Waals surface area contributed by atoms with Crippen molar-refractivity contribution in [3.8, 4) is 5.75 Å². The Kier molecular flexibility index (Phi) is 5.99. The van der Waals surface area contributed by atoms with Crippen LogP contribution in [0, 0.1) is 0 Å². The normalized spacial score (nSPS) is 11.2. The average molecular weight is 368 g/mol. The van der Waals surface area contributed by atoms with Crippen molar-refractivity contribution in [3.05, 3.63) is 95.8 Å². The molecule has 6 heteroatoms. The van der Waals surface area contributed by atoms with Crippen LogP contribution in [0.5, 0.6) is 5.75 Å². The molecule has 1 aromatic heterocycles. The molecule has 0 aliphatic heterocycles. The van der Waals surface area contributed by atoms with E-state index in [0.717, 1.165) is 16.8 Å². The van der Waals surface area contributed by atoms with Gasteiger partial charge in [0.15, 0.2) is 0 Å². The Morgan fingerprint density at radius 1 is 0.885 bits per heavy atom. The van der Waals surface area contributed by atoms with Gasteiger partial charge in [0.1, 0.15) is 12.4 Å². The number of sulfonamides is 1. The molecule has 0 saturated heterocycles. The van der Waals surface area contributed by atoms with E-state index >= 15 is 0 Å². The van der Waals surface area contributed by atoms with Crippen LogP contribution in [-0.2, 0) is 28.9 Å². The Morgan fingerprint density at radius 2 is 1.65 bits per heavy atom. The summed E-state index contributed by atoms with van der Waals surface area (Å²) < 4.78 is 32.8. The number of aromatic nitrogens is 1. The molecule has 3 rings (SSSR count). The zero-order valence-electron chi connectivity index (χ0n) is 14.2. The maximum Gasteiger partial charge on any atom is 0.216 e. The molecular weight excluding hydrogens is 348 g/mol. The van der Waals surface area contributed by atoms with Crippen molar-refractivity contribution in [1.29, 1.82) is 0 Å². The quantitative estimate of drug-likeness (QED) is 0.662. The molecule has 0 unspecified atom stereocenters. The van der Waals surface area contributed by atoms with E-state index in [9.17, 15) is 8.42 Å². The summed E-state index contributed by atoms with van der Waals surface area (Å²) >= 11 is 0. The van der Waals surface area contributed by atoms with Crippen molar-refractivity contribution in [2.45, 2.75) is 18.9 Å². The van der Waals surface area contributed by atoms with E-state index in [4.69, 9.17) is 4.74 Å². The van der Waals surface area contributed by atoms with Crippen LogP contribution < -0.4 is 9.46 Å². The Hall–Kier alpha value is -2.70. The van der Waals surface area contributed by atoms with Gasteiger partial charge >= 0.3 is 0 Å². The number of ether oxygens (including phenoxy) is 1. The lowest BCUT2D eigenvalue weighted by atomic mass is 10.2. The van der Waals surface area contributed by atoms with E-state index in [1.807, 2.05) is 60.7 Å². The van der Waals surface area contributed by atoms with Gasteiger partial charge in [0, 0.05) is 12.7 Å². The molecule has 5 nitrogen and oxygen atoms in total. The summed E-state index contributed by atoms with van der Waals surface area (Å²) in [5.74, 6) is 0.638. The molecule has 0 spiro atoms. The smallest absolute Gasteiger partial charge is 0.216 e. The summed E-state index contributed by atoms with van der Waals surface area (Å²) in [6, 6.07) is 22.1. The molecule has 0 amide bonds. The van der Waals surface area contributed by atoms with Crippen molar-refractivity contribution in [2.24, 2.45) is 0 Å². The second-order valence-electron chi connectivity index (χ2n) is 5.82. The van der Waals surface area contributed by atoms with E-state index in [0.29, 0.717) is 12.4 Å². The molecule has 0 aliphatic rings. The number of benzene rings is 2. The van der Waals surface area contributed by atoms with Crippen molar-refractivity contribution in [1.82, 2.24) is 9.71 Å². The van der Waals surface area contributed by atoms with Gasteiger partial charge in [-0.2, -0.15) is 0 Å². The first-order chi connectivity index (χ1) is 12.6. The van der Waals surface area contributed by atoms with Crippen molar-refractivity contribution in [2.75, 3.05) is 0 Å². The molecule has 0 radical (unpaired) electrons. The summed E-state index contributed by atoms with van der Waals surface area (Å²) in [5.41, 5.74) is 2.43. The summed E-state index contributed by atoms with van der Waals surface area (Å²) in [7, 11) is -3.40. The van der Waals surface area contributed by atoms with Crippen LogP contribution >= 0.6 is 0 Å². The molecule has 26 heavy (non-hydrogen) atoms. The van der Waals surface area contributed by atoms with E-state index in [1.165, 1.54) is 0 Å². The van der Waals surface area contributed by atoms with Gasteiger partial charge in [0.05, 0.1) is 11.4 Å². The third-order valence-electron chi connectivity index (χ3n) is 3.71. The van der Waals surface area contributed by atoms with E-state index in [2.05, 4.69) is 9.71 Å². The van der Waals surface area contributed by atoms with Gasteiger partial charge in [-0.15, -0.1) is 0 Å². The van der Waals surface area contributed by atoms with Crippen LogP contribution in [0.1, 0.15) is 16.8 Å². The van der Waals surface area contributed by atoms with Crippen LogP contribution in [0.4, 0.5) is 0 Å². The molecule has 134 valence electrons. The highest BCUT2D eigenvalue weighted by atomic mass is 32.2. The molecule has 1 heterocycles. The van der Waals surface area contributed by atoms with Gasteiger partial charge in [0.2, 0.25) is 10.0 Å². The molecule has 0 saturated carbocycles. The summed E-state index contributed by atoms with van der Waals surface area (Å²) in [4.78, 5) is 4.21. The Bertz CT molecular complexity index is 930. The number of pyridine rings is 1. The van der Waals surface area contributed by atoms with Crippen LogP contribution in [0.15, 0.2) is 79.0 Å². The van der Waals surface area contributed by atoms with Gasteiger partial charge in [-0.3, -0.25) is 4.98 Å². The third-order valence-corrected chi connectivity index (χ3v) is 5.00. The minimum absolute atomic E-state index is 0.0380. The lowest BCUT2D eigenvalue weighted by molar-refractivity contribution is 0.301. The SMILES string of the molecule is O=S(=O)(Cc1ccccc1)NCc1cccc(OCc2ccccn2)c1. The maximum atomic E-state index is 12.2. The fraction of sp³-hybridized carbons (Fsp3) is 0.150. The largest absolute Gasteiger partial charge is 0.487 e. The number of hydrogen-bond donors (Lipinski definition) is 1. The number of nitrogens with one attached hydrogen (secondary N) is 1. The molecule has 0 aliphatic carbocycles. The van der Waals surface area contributed by atoms with Gasteiger partial charge in [-0.05, 0) is 35.4 Å². The fourth-order valence-electron chi connectivity index (χ4n) is 2.42. The lowest BCUT2D eigenvalue weighted by Gasteiger charge is -2.09. The average Bonchev–Trinajstić information content (AvgIpc) is 2.67. The van der Waals surface area contributed by atoms with Gasteiger partial charge in [-0.1, -0.05) is 48.5 Å². The van der Waals surface area contributed by atoms with Gasteiger partial charge in [0.25, 0.3) is 0 Å². The van der Waals surface area contributed by atoms with E-state index in [-0.39, 0.29) is 12.3 Å². The summed E-state index contributed by atoms with van der Waals surface area (Å²) in [6.45, 7) is 0.583. The second kappa shape index (κ2) is 8.60. The highest BCUT2D eigenvalue weighted by Crippen LogP contribution is 2.15. The number of nitrogens with zero attached hydrogens (tertiary/aromatic N) is 1. The van der Waals surface area contributed by atoms with Crippen LogP contribution in [-0.4, -0.2) is 13.4 Å². The highest BCUT2D eigenvalue weighted by Gasteiger charge is 2.11. The number of hydrogen-bond acceptors (Lipinski definition) is 4. The molecule has 3 aromatic rings. The summed E-state index contributed by atoms with van der Waals surface area (Å²) in [5, 5.41) is 0. The first-order valence-corrected chi connectivity index (χ1v) is 9.89. The predicted molar refractivity (Wildman–Crippen MR) is 101 cm³/mol. The fourth-order valence-corrected chi connectivity index (χ4v) is 3.54. The maximum absolute atomic E-state index is 12.2. The minimum atomic E-state index is -3.40. The number of rotatable bonds is 8. The van der Waals surface area contributed by atoms with Crippen LogP contribution in [0.3, 0.4) is 0 Å². The van der Waals surface area contributed by atoms with Crippen molar-refractivity contribution >= 4 is 10.0 Å². The Morgan fingerprint density at radius 3 is 2.42 bits per heavy atom. The van der Waals surface area contributed by atoms with Crippen LogP contribution in [0.2, 0.25) is 0 Å². The van der Waals surface area contributed by atoms with Crippen molar-refractivity contribution in [3.63, 3.8) is 0 Å². The van der Waals surface area contributed by atoms with Gasteiger partial charge in [-0.25, -0.2) is 13.1 Å². The van der Waals surface area contributed by atoms with E-state index in [1.54, 1.807) is 18.3 Å². The Labute approximate surface area is 153 Å². The van der Waals surface area contributed by atoms with Gasteiger partial charge < -0.3 is 4.74 Å². The van der Waals surface area contributed by atoms with E-state index < -0.39 is 10.0 Å². The first-order valence-electron chi connectivity index (χ1n) is 8.24. The zero-order chi connectivity index (χ0) is 18.2.